The average molecular weight is 269 g/mol. The Balaban J connectivity index is 2.86. The zero-order valence-corrected chi connectivity index (χ0v) is 10.5. The van der Waals surface area contributed by atoms with E-state index in [4.69, 9.17) is 0 Å². The molecule has 0 amide bonds. The molecule has 0 unspecified atom stereocenters. The molecule has 1 aromatic heterocycles. The van der Waals surface area contributed by atoms with Crippen molar-refractivity contribution in [2.75, 3.05) is 0 Å². The van der Waals surface area contributed by atoms with E-state index in [9.17, 15) is 5.11 Å². The van der Waals surface area contributed by atoms with Gasteiger partial charge in [0.15, 0.2) is 4.73 Å². The second-order valence-electron chi connectivity index (χ2n) is 4.53. The summed E-state index contributed by atoms with van der Waals surface area (Å²) in [6, 6.07) is 5.43. The summed E-state index contributed by atoms with van der Waals surface area (Å²) >= 11 is 3.42. The molecule has 2 aromatic rings. The number of para-hydroxylation sites is 1. The maximum absolute atomic E-state index is 9.68. The van der Waals surface area contributed by atoms with Crippen LogP contribution >= 0.6 is 15.9 Å². The summed E-state index contributed by atoms with van der Waals surface area (Å²) in [4.78, 5) is 4.31. The Morgan fingerprint density at radius 1 is 1.33 bits per heavy atom. The lowest BCUT2D eigenvalue weighted by atomic mass is 10.1. The van der Waals surface area contributed by atoms with Gasteiger partial charge in [-0.2, -0.15) is 0 Å². The second kappa shape index (κ2) is 3.23. The third-order valence-corrected chi connectivity index (χ3v) is 2.83. The number of phenols is 1. The van der Waals surface area contributed by atoms with Crippen LogP contribution in [0.1, 0.15) is 20.8 Å². The maximum Gasteiger partial charge on any atom is 0.178 e. The van der Waals surface area contributed by atoms with Crippen LogP contribution in [0, 0.1) is 0 Å². The Kier molecular flexibility index (Phi) is 2.26. The molecule has 1 aromatic carbocycles. The molecule has 0 radical (unpaired) electrons. The van der Waals surface area contributed by atoms with Gasteiger partial charge < -0.3 is 9.67 Å². The van der Waals surface area contributed by atoms with Gasteiger partial charge in [-0.1, -0.05) is 6.07 Å². The fourth-order valence-corrected chi connectivity index (χ4v) is 2.59. The smallest absolute Gasteiger partial charge is 0.178 e. The summed E-state index contributed by atoms with van der Waals surface area (Å²) in [6.45, 7) is 6.30. The Hall–Kier alpha value is -1.03. The van der Waals surface area contributed by atoms with Gasteiger partial charge in [0.25, 0.3) is 0 Å². The highest BCUT2D eigenvalue weighted by atomic mass is 79.9. The van der Waals surface area contributed by atoms with Crippen molar-refractivity contribution in [1.82, 2.24) is 9.55 Å². The number of aromatic nitrogens is 2. The summed E-state index contributed by atoms with van der Waals surface area (Å²) in [6.07, 6.45) is 0. The molecule has 0 aliphatic carbocycles. The quantitative estimate of drug-likeness (QED) is 0.797. The first-order valence-corrected chi connectivity index (χ1v) is 5.57. The molecule has 0 saturated heterocycles. The van der Waals surface area contributed by atoms with Crippen molar-refractivity contribution in [3.63, 3.8) is 0 Å². The molecule has 1 heterocycles. The number of aromatic hydroxyl groups is 1. The largest absolute Gasteiger partial charge is 0.506 e. The van der Waals surface area contributed by atoms with Crippen LogP contribution < -0.4 is 0 Å². The summed E-state index contributed by atoms with van der Waals surface area (Å²) in [7, 11) is 0. The van der Waals surface area contributed by atoms with Crippen LogP contribution in [0.3, 0.4) is 0 Å². The van der Waals surface area contributed by atoms with Crippen LogP contribution in [0.25, 0.3) is 11.0 Å². The van der Waals surface area contributed by atoms with E-state index in [1.165, 1.54) is 0 Å². The minimum Gasteiger partial charge on any atom is -0.506 e. The van der Waals surface area contributed by atoms with Gasteiger partial charge in [0.1, 0.15) is 11.3 Å². The maximum atomic E-state index is 9.68. The third kappa shape index (κ3) is 1.63. The van der Waals surface area contributed by atoms with E-state index in [-0.39, 0.29) is 11.3 Å². The molecule has 0 aliphatic heterocycles. The Labute approximate surface area is 96.9 Å². The Morgan fingerprint density at radius 2 is 2.00 bits per heavy atom. The molecule has 1 N–H and O–H groups in total. The number of phenolic OH excluding ortho intramolecular Hbond substituents is 1. The molecular weight excluding hydrogens is 256 g/mol. The molecule has 80 valence electrons. The first kappa shape index (κ1) is 10.5. The number of hydrogen-bond acceptors (Lipinski definition) is 2. The fraction of sp³-hybridized carbons (Fsp3) is 0.364. The van der Waals surface area contributed by atoms with Crippen LogP contribution in [-0.4, -0.2) is 14.7 Å². The number of nitrogens with zero attached hydrogens (tertiary/aromatic N) is 2. The van der Waals surface area contributed by atoms with Crippen LogP contribution in [-0.2, 0) is 5.54 Å². The van der Waals surface area contributed by atoms with E-state index < -0.39 is 0 Å². The molecule has 0 atom stereocenters. The first-order valence-electron chi connectivity index (χ1n) is 4.77. The number of rotatable bonds is 0. The highest BCUT2D eigenvalue weighted by Crippen LogP contribution is 2.31. The number of benzene rings is 1. The molecule has 0 spiro atoms. The number of halogens is 1. The first-order chi connectivity index (χ1) is 6.91. The van der Waals surface area contributed by atoms with E-state index in [0.717, 1.165) is 10.3 Å². The van der Waals surface area contributed by atoms with Gasteiger partial charge in [0.2, 0.25) is 0 Å². The van der Waals surface area contributed by atoms with Gasteiger partial charge in [-0.15, -0.1) is 0 Å². The molecule has 0 aliphatic rings. The predicted molar refractivity (Wildman–Crippen MR) is 64.1 cm³/mol. The minimum absolute atomic E-state index is 0.0681. The summed E-state index contributed by atoms with van der Waals surface area (Å²) in [5.74, 6) is 0.219. The van der Waals surface area contributed by atoms with Crippen molar-refractivity contribution in [3.8, 4) is 5.75 Å². The van der Waals surface area contributed by atoms with Gasteiger partial charge in [-0.3, -0.25) is 0 Å². The zero-order chi connectivity index (χ0) is 11.2. The van der Waals surface area contributed by atoms with Crippen molar-refractivity contribution in [2.24, 2.45) is 0 Å². The molecule has 3 nitrogen and oxygen atoms in total. The van der Waals surface area contributed by atoms with Gasteiger partial charge in [0, 0.05) is 5.54 Å². The van der Waals surface area contributed by atoms with E-state index in [1.807, 2.05) is 12.1 Å². The Bertz CT molecular complexity index is 511. The molecule has 0 bridgehead atoms. The van der Waals surface area contributed by atoms with Crippen LogP contribution in [0.4, 0.5) is 0 Å². The third-order valence-electron chi connectivity index (χ3n) is 2.29. The van der Waals surface area contributed by atoms with Crippen molar-refractivity contribution >= 4 is 27.0 Å². The minimum atomic E-state index is -0.0681. The number of fused-ring (bicyclic) bond motifs is 1. The zero-order valence-electron chi connectivity index (χ0n) is 8.95. The lowest BCUT2D eigenvalue weighted by Crippen LogP contribution is -2.21. The average Bonchev–Trinajstić information content (AvgIpc) is 2.41. The fourth-order valence-electron chi connectivity index (χ4n) is 1.69. The van der Waals surface area contributed by atoms with Crippen LogP contribution in [0.15, 0.2) is 22.9 Å². The number of hydrogen-bond donors (Lipinski definition) is 1. The van der Waals surface area contributed by atoms with Crippen LogP contribution in [0.5, 0.6) is 5.75 Å². The van der Waals surface area contributed by atoms with E-state index in [0.29, 0.717) is 5.52 Å². The highest BCUT2D eigenvalue weighted by molar-refractivity contribution is 9.10. The molecule has 0 fully saturated rings. The van der Waals surface area contributed by atoms with Crippen molar-refractivity contribution in [3.05, 3.63) is 22.9 Å². The second-order valence-corrected chi connectivity index (χ2v) is 5.24. The number of imidazole rings is 1. The van der Waals surface area contributed by atoms with Gasteiger partial charge in [-0.25, -0.2) is 4.98 Å². The van der Waals surface area contributed by atoms with Gasteiger partial charge in [-0.05, 0) is 48.8 Å². The van der Waals surface area contributed by atoms with Crippen LogP contribution in [0.2, 0.25) is 0 Å². The molecular formula is C11H13BrN2O. The SMILES string of the molecule is CC(C)(C)n1c(Br)nc2c(O)cccc21. The lowest BCUT2D eigenvalue weighted by molar-refractivity contribution is 0.401. The molecule has 0 saturated carbocycles. The molecule has 2 rings (SSSR count). The highest BCUT2D eigenvalue weighted by Gasteiger charge is 2.21. The lowest BCUT2D eigenvalue weighted by Gasteiger charge is -2.22. The van der Waals surface area contributed by atoms with Crippen molar-refractivity contribution in [1.29, 1.82) is 0 Å². The summed E-state index contributed by atoms with van der Waals surface area (Å²) in [5.41, 5.74) is 1.51. The topological polar surface area (TPSA) is 38.0 Å². The van der Waals surface area contributed by atoms with Crippen molar-refractivity contribution in [2.45, 2.75) is 26.3 Å². The van der Waals surface area contributed by atoms with Gasteiger partial charge in [0.05, 0.1) is 5.52 Å². The van der Waals surface area contributed by atoms with E-state index in [2.05, 4.69) is 46.3 Å². The van der Waals surface area contributed by atoms with Gasteiger partial charge >= 0.3 is 0 Å². The normalized spacial score (nSPS) is 12.3. The molecule has 4 heteroatoms. The summed E-state index contributed by atoms with van der Waals surface area (Å²) in [5, 5.41) is 9.68. The Morgan fingerprint density at radius 3 is 2.60 bits per heavy atom. The van der Waals surface area contributed by atoms with E-state index in [1.54, 1.807) is 6.07 Å². The summed E-state index contributed by atoms with van der Waals surface area (Å²) < 4.78 is 2.80. The standard InChI is InChI=1S/C11H13BrN2O/c1-11(2,3)14-7-5-4-6-8(15)9(7)13-10(14)12/h4-6,15H,1-3H3. The molecule has 15 heavy (non-hydrogen) atoms. The predicted octanol–water partition coefficient (Wildman–Crippen LogP) is 3.26. The van der Waals surface area contributed by atoms with E-state index >= 15 is 0 Å². The monoisotopic (exact) mass is 268 g/mol. The van der Waals surface area contributed by atoms with Crippen molar-refractivity contribution < 1.29 is 5.11 Å².